The molecule has 2 heteroatoms. The third-order valence-corrected chi connectivity index (χ3v) is 0.629. The minimum absolute atomic E-state index is 0.0972. The number of hydrogen-bond donors (Lipinski definition) is 2. The molecule has 0 atom stereocenters. The van der Waals surface area contributed by atoms with Gasteiger partial charge >= 0.3 is 0 Å². The predicted octanol–water partition coefficient (Wildman–Crippen LogP) is 0.744. The standard InChI is InChI=1S/C4H10.C2H7NO/c1-3-4-2;3-1-2-4/h3-4H2,1-2H3;4H,1-3H2. The second-order valence-electron chi connectivity index (χ2n) is 1.51. The van der Waals surface area contributed by atoms with Gasteiger partial charge in [-0.1, -0.05) is 26.7 Å². The van der Waals surface area contributed by atoms with E-state index < -0.39 is 0 Å². The summed E-state index contributed by atoms with van der Waals surface area (Å²) in [5.41, 5.74) is 4.78. The first-order chi connectivity index (χ1) is 3.83. The van der Waals surface area contributed by atoms with Crippen LogP contribution in [0.5, 0.6) is 0 Å². The molecule has 0 aromatic carbocycles. The Labute approximate surface area is 51.7 Å². The average Bonchev–Trinajstić information content (AvgIpc) is 1.88. The normalized spacial score (nSPS) is 7.50. The molecule has 3 N–H and O–H groups in total. The fourth-order valence-corrected chi connectivity index (χ4v) is 0. The number of aliphatic hydroxyl groups excluding tert-OH is 1. The van der Waals surface area contributed by atoms with E-state index in [1.54, 1.807) is 0 Å². The summed E-state index contributed by atoms with van der Waals surface area (Å²) < 4.78 is 0. The van der Waals surface area contributed by atoms with Crippen LogP contribution >= 0.6 is 0 Å². The minimum atomic E-state index is 0.0972. The zero-order valence-electron chi connectivity index (χ0n) is 5.85. The molecule has 0 aromatic heterocycles. The molecule has 0 radical (unpaired) electrons. The summed E-state index contributed by atoms with van der Waals surface area (Å²) in [6.45, 7) is 4.83. The topological polar surface area (TPSA) is 46.2 Å². The first-order valence-electron chi connectivity index (χ1n) is 3.14. The Morgan fingerprint density at radius 1 is 1.25 bits per heavy atom. The molecule has 8 heavy (non-hydrogen) atoms. The Kier molecular flexibility index (Phi) is 21.3. The smallest absolute Gasteiger partial charge is 0.0553 e. The van der Waals surface area contributed by atoms with E-state index in [-0.39, 0.29) is 6.61 Å². The highest BCUT2D eigenvalue weighted by Gasteiger charge is 1.56. The van der Waals surface area contributed by atoms with Crippen LogP contribution in [0.3, 0.4) is 0 Å². The molecule has 0 fully saturated rings. The van der Waals surface area contributed by atoms with Crippen molar-refractivity contribution in [1.29, 1.82) is 0 Å². The monoisotopic (exact) mass is 119 g/mol. The van der Waals surface area contributed by atoms with E-state index in [1.165, 1.54) is 12.8 Å². The fraction of sp³-hybridized carbons (Fsp3) is 1.00. The van der Waals surface area contributed by atoms with Crippen LogP contribution in [0, 0.1) is 0 Å². The Morgan fingerprint density at radius 3 is 1.50 bits per heavy atom. The van der Waals surface area contributed by atoms with Gasteiger partial charge in [0.2, 0.25) is 0 Å². The van der Waals surface area contributed by atoms with Crippen molar-refractivity contribution in [2.45, 2.75) is 26.7 Å². The Balaban J connectivity index is 0. The van der Waals surface area contributed by atoms with Crippen molar-refractivity contribution >= 4 is 0 Å². The van der Waals surface area contributed by atoms with Gasteiger partial charge in [0.25, 0.3) is 0 Å². The SMILES string of the molecule is CCCC.NCCO. The summed E-state index contributed by atoms with van der Waals surface area (Å²) in [5, 5.41) is 7.75. The highest BCUT2D eigenvalue weighted by molar-refractivity contribution is 4.17. The highest BCUT2D eigenvalue weighted by atomic mass is 16.3. The van der Waals surface area contributed by atoms with Crippen LogP contribution in [0.25, 0.3) is 0 Å². The van der Waals surface area contributed by atoms with E-state index in [4.69, 9.17) is 10.8 Å². The molecular weight excluding hydrogens is 102 g/mol. The van der Waals surface area contributed by atoms with Crippen LogP contribution in [0.1, 0.15) is 26.7 Å². The Bertz CT molecular complexity index is 16.5. The summed E-state index contributed by atoms with van der Waals surface area (Å²) in [7, 11) is 0. The van der Waals surface area contributed by atoms with Crippen LogP contribution in [0.4, 0.5) is 0 Å². The first kappa shape index (κ1) is 10.8. The third kappa shape index (κ3) is 38.9. The first-order valence-corrected chi connectivity index (χ1v) is 3.14. The molecule has 2 nitrogen and oxygen atoms in total. The van der Waals surface area contributed by atoms with Crippen molar-refractivity contribution in [3.05, 3.63) is 0 Å². The summed E-state index contributed by atoms with van der Waals surface area (Å²) >= 11 is 0. The Morgan fingerprint density at radius 2 is 1.50 bits per heavy atom. The van der Waals surface area contributed by atoms with Gasteiger partial charge in [-0.25, -0.2) is 0 Å². The predicted molar refractivity (Wildman–Crippen MR) is 36.7 cm³/mol. The average molecular weight is 119 g/mol. The second kappa shape index (κ2) is 15.8. The van der Waals surface area contributed by atoms with Crippen LogP contribution < -0.4 is 5.73 Å². The number of nitrogens with two attached hydrogens (primary N) is 1. The summed E-state index contributed by atoms with van der Waals surface area (Å²) in [4.78, 5) is 0. The molecular formula is C6H17NO. The van der Waals surface area contributed by atoms with E-state index in [2.05, 4.69) is 13.8 Å². The van der Waals surface area contributed by atoms with Crippen molar-refractivity contribution in [2.75, 3.05) is 13.2 Å². The molecule has 0 rings (SSSR count). The van der Waals surface area contributed by atoms with Crippen LogP contribution in [-0.4, -0.2) is 18.3 Å². The minimum Gasteiger partial charge on any atom is -0.395 e. The van der Waals surface area contributed by atoms with Gasteiger partial charge in [-0.2, -0.15) is 0 Å². The van der Waals surface area contributed by atoms with Crippen molar-refractivity contribution in [1.82, 2.24) is 0 Å². The highest BCUT2D eigenvalue weighted by Crippen LogP contribution is 1.76. The van der Waals surface area contributed by atoms with E-state index in [0.29, 0.717) is 6.54 Å². The van der Waals surface area contributed by atoms with Crippen molar-refractivity contribution in [2.24, 2.45) is 5.73 Å². The van der Waals surface area contributed by atoms with Crippen molar-refractivity contribution in [3.63, 3.8) is 0 Å². The van der Waals surface area contributed by atoms with Gasteiger partial charge in [-0.3, -0.25) is 0 Å². The lowest BCUT2D eigenvalue weighted by molar-refractivity contribution is 0.306. The molecule has 0 aromatic rings. The largest absolute Gasteiger partial charge is 0.395 e. The van der Waals surface area contributed by atoms with E-state index >= 15 is 0 Å². The van der Waals surface area contributed by atoms with E-state index in [1.807, 2.05) is 0 Å². The summed E-state index contributed by atoms with van der Waals surface area (Å²) in [6, 6.07) is 0. The zero-order valence-corrected chi connectivity index (χ0v) is 5.85. The molecule has 0 amide bonds. The van der Waals surface area contributed by atoms with Gasteiger partial charge in [-0.05, 0) is 0 Å². The van der Waals surface area contributed by atoms with Crippen LogP contribution in [0.2, 0.25) is 0 Å². The lowest BCUT2D eigenvalue weighted by Gasteiger charge is -1.71. The number of aliphatic hydroxyl groups is 1. The zero-order chi connectivity index (χ0) is 6.83. The van der Waals surface area contributed by atoms with Crippen molar-refractivity contribution in [3.8, 4) is 0 Å². The van der Waals surface area contributed by atoms with Crippen molar-refractivity contribution < 1.29 is 5.11 Å². The van der Waals surface area contributed by atoms with Gasteiger partial charge in [0, 0.05) is 6.54 Å². The van der Waals surface area contributed by atoms with Gasteiger partial charge in [0.15, 0.2) is 0 Å². The molecule has 0 aliphatic rings. The quantitative estimate of drug-likeness (QED) is 0.563. The number of rotatable bonds is 2. The summed E-state index contributed by atoms with van der Waals surface area (Å²) in [5.74, 6) is 0. The molecule has 0 saturated carbocycles. The summed E-state index contributed by atoms with van der Waals surface area (Å²) in [6.07, 6.45) is 2.64. The third-order valence-electron chi connectivity index (χ3n) is 0.629. The molecule has 0 saturated heterocycles. The lowest BCUT2D eigenvalue weighted by atomic mass is 10.4. The van der Waals surface area contributed by atoms with Crippen LogP contribution in [0.15, 0.2) is 0 Å². The lowest BCUT2D eigenvalue weighted by Crippen LogP contribution is -2.02. The van der Waals surface area contributed by atoms with E-state index in [9.17, 15) is 0 Å². The number of unbranched alkanes of at least 4 members (excludes halogenated alkanes) is 1. The molecule has 0 heterocycles. The van der Waals surface area contributed by atoms with Gasteiger partial charge < -0.3 is 10.8 Å². The maximum Gasteiger partial charge on any atom is 0.0553 e. The van der Waals surface area contributed by atoms with Gasteiger partial charge in [0.1, 0.15) is 0 Å². The van der Waals surface area contributed by atoms with E-state index in [0.717, 1.165) is 0 Å². The van der Waals surface area contributed by atoms with Gasteiger partial charge in [0.05, 0.1) is 6.61 Å². The fourth-order valence-electron chi connectivity index (χ4n) is 0. The second-order valence-corrected chi connectivity index (χ2v) is 1.51. The molecule has 0 spiro atoms. The maximum atomic E-state index is 7.75. The van der Waals surface area contributed by atoms with Crippen LogP contribution in [-0.2, 0) is 0 Å². The molecule has 52 valence electrons. The molecule has 0 aliphatic heterocycles. The molecule has 0 aliphatic carbocycles. The molecule has 0 bridgehead atoms. The Hall–Kier alpha value is -0.0800. The molecule has 0 unspecified atom stereocenters. The number of hydrogen-bond acceptors (Lipinski definition) is 2. The van der Waals surface area contributed by atoms with Gasteiger partial charge in [-0.15, -0.1) is 0 Å². The maximum absolute atomic E-state index is 7.75.